The summed E-state index contributed by atoms with van der Waals surface area (Å²) in [6, 6.07) is 6.77. The number of para-hydroxylation sites is 1. The maximum absolute atomic E-state index is 14.2. The monoisotopic (exact) mass is 374 g/mol. The van der Waals surface area contributed by atoms with E-state index in [9.17, 15) is 4.39 Å². The van der Waals surface area contributed by atoms with Crippen LogP contribution in [-0.4, -0.2) is 24.7 Å². The zero-order valence-electron chi connectivity index (χ0n) is 12.5. The molecule has 1 N–H and O–H groups in total. The van der Waals surface area contributed by atoms with Gasteiger partial charge in [0.15, 0.2) is 5.82 Å². The third-order valence-electron chi connectivity index (χ3n) is 3.50. The van der Waals surface area contributed by atoms with Crippen LogP contribution in [0, 0.1) is 5.82 Å². The first-order valence-electron chi connectivity index (χ1n) is 7.15. The Hall–Kier alpha value is -2.77. The molecule has 0 aliphatic rings. The average Bonchev–Trinajstić information content (AvgIpc) is 3.04. The van der Waals surface area contributed by atoms with E-state index < -0.39 is 5.82 Å². The van der Waals surface area contributed by atoms with Gasteiger partial charge in [0.2, 0.25) is 0 Å². The average molecular weight is 375 g/mol. The summed E-state index contributed by atoms with van der Waals surface area (Å²) in [5.74, 6) is 0.383. The number of fused-ring (bicyclic) bond motifs is 1. The Morgan fingerprint density at radius 1 is 1.08 bits per heavy atom. The number of anilines is 2. The number of pyridine rings is 1. The van der Waals surface area contributed by atoms with Gasteiger partial charge in [-0.2, -0.15) is 5.10 Å². The Bertz CT molecular complexity index is 1050. The lowest BCUT2D eigenvalue weighted by molar-refractivity contribution is 0.629. The maximum Gasteiger partial charge on any atom is 0.169 e. The molecule has 9 heteroatoms. The summed E-state index contributed by atoms with van der Waals surface area (Å²) in [7, 11) is 0. The van der Waals surface area contributed by atoms with Crippen molar-refractivity contribution in [3.63, 3.8) is 0 Å². The van der Waals surface area contributed by atoms with Crippen LogP contribution in [0.15, 0.2) is 49.2 Å². The molecule has 3 aromatic heterocycles. The predicted octanol–water partition coefficient (Wildman–Crippen LogP) is 4.40. The minimum atomic E-state index is -0.551. The Balaban J connectivity index is 1.88. The lowest BCUT2D eigenvalue weighted by Crippen LogP contribution is -1.97. The molecule has 124 valence electrons. The Morgan fingerprint density at radius 3 is 2.60 bits per heavy atom. The van der Waals surface area contributed by atoms with Crippen LogP contribution in [0.3, 0.4) is 0 Å². The van der Waals surface area contributed by atoms with Gasteiger partial charge in [-0.05, 0) is 18.2 Å². The van der Waals surface area contributed by atoms with E-state index in [2.05, 4.69) is 25.4 Å². The summed E-state index contributed by atoms with van der Waals surface area (Å²) in [4.78, 5) is 12.0. The second-order valence-corrected chi connectivity index (χ2v) is 5.89. The number of benzene rings is 1. The smallest absolute Gasteiger partial charge is 0.169 e. The largest absolute Gasteiger partial charge is 0.324 e. The maximum atomic E-state index is 14.2. The van der Waals surface area contributed by atoms with Gasteiger partial charge in [-0.15, -0.1) is 0 Å². The van der Waals surface area contributed by atoms with Crippen LogP contribution in [0.4, 0.5) is 16.0 Å². The van der Waals surface area contributed by atoms with Gasteiger partial charge < -0.3 is 5.32 Å². The lowest BCUT2D eigenvalue weighted by Gasteiger charge is -2.06. The molecular weight excluding hydrogens is 366 g/mol. The lowest BCUT2D eigenvalue weighted by atomic mass is 10.3. The highest BCUT2D eigenvalue weighted by molar-refractivity contribution is 6.37. The second-order valence-electron chi connectivity index (χ2n) is 5.08. The number of hydrogen-bond acceptors (Lipinski definition) is 5. The van der Waals surface area contributed by atoms with Crippen LogP contribution in [-0.2, 0) is 0 Å². The molecule has 0 unspecified atom stereocenters. The molecule has 0 spiro atoms. The van der Waals surface area contributed by atoms with Gasteiger partial charge in [-0.1, -0.05) is 29.3 Å². The fourth-order valence-electron chi connectivity index (χ4n) is 2.38. The van der Waals surface area contributed by atoms with Crippen LogP contribution in [0.2, 0.25) is 10.0 Å². The summed E-state index contributed by atoms with van der Waals surface area (Å²) in [6.07, 6.45) is 5.69. The van der Waals surface area contributed by atoms with E-state index in [0.29, 0.717) is 32.8 Å². The molecule has 4 rings (SSSR count). The van der Waals surface area contributed by atoms with Gasteiger partial charge >= 0.3 is 0 Å². The Morgan fingerprint density at radius 2 is 1.88 bits per heavy atom. The molecule has 0 amide bonds. The molecule has 3 heterocycles. The van der Waals surface area contributed by atoms with Crippen molar-refractivity contribution in [2.24, 2.45) is 0 Å². The van der Waals surface area contributed by atoms with Gasteiger partial charge in [0.05, 0.1) is 21.6 Å². The number of halogens is 3. The Kier molecular flexibility index (Phi) is 3.95. The van der Waals surface area contributed by atoms with Crippen molar-refractivity contribution in [1.29, 1.82) is 0 Å². The van der Waals surface area contributed by atoms with E-state index in [-0.39, 0.29) is 5.52 Å². The van der Waals surface area contributed by atoms with Gasteiger partial charge in [-0.3, -0.25) is 0 Å². The zero-order chi connectivity index (χ0) is 17.4. The summed E-state index contributed by atoms with van der Waals surface area (Å²) in [6.45, 7) is 0. The highest BCUT2D eigenvalue weighted by Crippen LogP contribution is 2.31. The van der Waals surface area contributed by atoms with Crippen LogP contribution >= 0.6 is 23.2 Å². The highest BCUT2D eigenvalue weighted by atomic mass is 35.5. The molecule has 0 aliphatic heterocycles. The molecule has 6 nitrogen and oxygen atoms in total. The van der Waals surface area contributed by atoms with Crippen molar-refractivity contribution in [3.05, 3.63) is 65.0 Å². The van der Waals surface area contributed by atoms with Gasteiger partial charge in [0, 0.05) is 12.4 Å². The first-order chi connectivity index (χ1) is 12.1. The minimum absolute atomic E-state index is 0.141. The normalized spacial score (nSPS) is 11.0. The molecular formula is C16H9Cl2FN6. The highest BCUT2D eigenvalue weighted by Gasteiger charge is 2.16. The first kappa shape index (κ1) is 15.7. The molecule has 4 aromatic rings. The fraction of sp³-hybridized carbons (Fsp3) is 0. The SMILES string of the molecule is Fc1cnc(Nc2ccncn2)c2cn(-c3c(Cl)cccc3Cl)nc12. The van der Waals surface area contributed by atoms with Crippen LogP contribution < -0.4 is 5.32 Å². The second kappa shape index (κ2) is 6.27. The molecule has 0 fully saturated rings. The third-order valence-corrected chi connectivity index (χ3v) is 4.11. The standard InChI is InChI=1S/C16H9Cl2FN6/c17-10-2-1-3-11(18)15(10)25-7-9-14(24-25)12(19)6-21-16(9)23-13-4-5-20-8-22-13/h1-8H,(H,20,21,22,23). The number of aromatic nitrogens is 5. The van der Waals surface area contributed by atoms with Crippen LogP contribution in [0.25, 0.3) is 16.6 Å². The molecule has 25 heavy (non-hydrogen) atoms. The molecule has 1 aromatic carbocycles. The topological polar surface area (TPSA) is 68.5 Å². The third kappa shape index (κ3) is 2.88. The zero-order valence-corrected chi connectivity index (χ0v) is 14.0. The number of nitrogens with one attached hydrogen (secondary N) is 1. The van der Waals surface area contributed by atoms with Crippen molar-refractivity contribution in [3.8, 4) is 5.69 Å². The van der Waals surface area contributed by atoms with E-state index in [1.54, 1.807) is 36.7 Å². The Labute approximate surface area is 151 Å². The van der Waals surface area contributed by atoms with Crippen molar-refractivity contribution < 1.29 is 4.39 Å². The van der Waals surface area contributed by atoms with Crippen LogP contribution in [0.5, 0.6) is 0 Å². The molecule has 0 atom stereocenters. The summed E-state index contributed by atoms with van der Waals surface area (Å²) >= 11 is 12.4. The quantitative estimate of drug-likeness (QED) is 0.575. The molecule has 0 saturated carbocycles. The fourth-order valence-corrected chi connectivity index (χ4v) is 2.95. The van der Waals surface area contributed by atoms with E-state index in [0.717, 1.165) is 6.20 Å². The summed E-state index contributed by atoms with van der Waals surface area (Å²) in [5, 5.41) is 8.56. The van der Waals surface area contributed by atoms with Gasteiger partial charge in [0.25, 0.3) is 0 Å². The molecule has 0 aliphatic carbocycles. The van der Waals surface area contributed by atoms with Gasteiger partial charge in [-0.25, -0.2) is 24.0 Å². The van der Waals surface area contributed by atoms with Gasteiger partial charge in [0.1, 0.15) is 29.2 Å². The van der Waals surface area contributed by atoms with Crippen molar-refractivity contribution in [1.82, 2.24) is 24.7 Å². The predicted molar refractivity (Wildman–Crippen MR) is 94.2 cm³/mol. The van der Waals surface area contributed by atoms with E-state index >= 15 is 0 Å². The van der Waals surface area contributed by atoms with E-state index in [1.807, 2.05) is 0 Å². The van der Waals surface area contributed by atoms with Crippen molar-refractivity contribution in [2.45, 2.75) is 0 Å². The minimum Gasteiger partial charge on any atom is -0.324 e. The molecule has 0 radical (unpaired) electrons. The molecule has 0 saturated heterocycles. The number of nitrogens with zero attached hydrogens (tertiary/aromatic N) is 5. The van der Waals surface area contributed by atoms with Crippen molar-refractivity contribution >= 4 is 45.7 Å². The first-order valence-corrected chi connectivity index (χ1v) is 7.90. The number of rotatable bonds is 3. The molecule has 0 bridgehead atoms. The van der Waals surface area contributed by atoms with E-state index in [4.69, 9.17) is 23.2 Å². The van der Waals surface area contributed by atoms with Crippen LogP contribution in [0.1, 0.15) is 0 Å². The number of hydrogen-bond donors (Lipinski definition) is 1. The van der Waals surface area contributed by atoms with Crippen molar-refractivity contribution in [2.75, 3.05) is 5.32 Å². The van der Waals surface area contributed by atoms with E-state index in [1.165, 1.54) is 11.0 Å². The summed E-state index contributed by atoms with van der Waals surface area (Å²) in [5.41, 5.74) is 0.608. The summed E-state index contributed by atoms with van der Waals surface area (Å²) < 4.78 is 15.6.